The second kappa shape index (κ2) is 7.75. The summed E-state index contributed by atoms with van der Waals surface area (Å²) in [5.74, 6) is -0.115. The highest BCUT2D eigenvalue weighted by Crippen LogP contribution is 2.24. The van der Waals surface area contributed by atoms with Crippen LogP contribution in [0.25, 0.3) is 0 Å². The molecule has 0 saturated carbocycles. The molecule has 0 saturated heterocycles. The van der Waals surface area contributed by atoms with Crippen molar-refractivity contribution >= 4 is 49.7 Å². The van der Waals surface area contributed by atoms with E-state index in [2.05, 4.69) is 14.9 Å². The summed E-state index contributed by atoms with van der Waals surface area (Å²) in [6, 6.07) is 9.87. The van der Waals surface area contributed by atoms with E-state index in [1.54, 1.807) is 24.3 Å². The average molecular weight is 434 g/mol. The Balaban J connectivity index is 1.67. The maximum Gasteiger partial charge on any atom is 0.263 e. The molecule has 0 aliphatic carbocycles. The fourth-order valence-electron chi connectivity index (χ4n) is 1.85. The lowest BCUT2D eigenvalue weighted by Crippen LogP contribution is -2.12. The summed E-state index contributed by atoms with van der Waals surface area (Å²) in [5, 5.41) is 8.45. The first kappa shape index (κ1) is 18.8. The molecule has 11 heteroatoms. The minimum absolute atomic E-state index is 0.0557. The highest BCUT2D eigenvalue weighted by atomic mass is 35.5. The summed E-state index contributed by atoms with van der Waals surface area (Å²) in [5.41, 5.74) is 0. The second-order valence-electron chi connectivity index (χ2n) is 4.92. The van der Waals surface area contributed by atoms with Gasteiger partial charge in [-0.25, -0.2) is 12.8 Å². The van der Waals surface area contributed by atoms with Crippen LogP contribution in [0.1, 0.15) is 5.01 Å². The number of benzene rings is 2. The first-order chi connectivity index (χ1) is 12.3. The molecule has 136 valence electrons. The van der Waals surface area contributed by atoms with Crippen molar-refractivity contribution in [2.24, 2.45) is 0 Å². The van der Waals surface area contributed by atoms with Gasteiger partial charge in [-0.05, 0) is 42.5 Å². The molecule has 0 atom stereocenters. The minimum atomic E-state index is -3.96. The van der Waals surface area contributed by atoms with Crippen LogP contribution in [0.3, 0.4) is 0 Å². The summed E-state index contributed by atoms with van der Waals surface area (Å²) in [4.78, 5) is -0.182. The zero-order chi connectivity index (χ0) is 18.7. The number of ether oxygens (including phenoxy) is 1. The third-order valence-corrected chi connectivity index (χ3v) is 5.89. The molecule has 0 aliphatic rings. The summed E-state index contributed by atoms with van der Waals surface area (Å²) in [6.07, 6.45) is 0. The van der Waals surface area contributed by atoms with E-state index in [4.69, 9.17) is 27.9 Å². The van der Waals surface area contributed by atoms with Crippen molar-refractivity contribution < 1.29 is 17.5 Å². The SMILES string of the molecule is O=S(=O)(Nc1nnc(COc2ccc(Cl)cc2)s1)c1ccc(F)c(Cl)c1. The number of hydrogen-bond acceptors (Lipinski definition) is 6. The number of anilines is 1. The van der Waals surface area contributed by atoms with Gasteiger partial charge in [0.15, 0.2) is 5.01 Å². The van der Waals surface area contributed by atoms with Gasteiger partial charge in [-0.3, -0.25) is 4.72 Å². The van der Waals surface area contributed by atoms with E-state index >= 15 is 0 Å². The third-order valence-electron chi connectivity index (χ3n) is 3.07. The van der Waals surface area contributed by atoms with Crippen molar-refractivity contribution in [3.05, 3.63) is 63.3 Å². The van der Waals surface area contributed by atoms with Crippen LogP contribution in [-0.2, 0) is 16.6 Å². The van der Waals surface area contributed by atoms with Gasteiger partial charge in [-0.2, -0.15) is 0 Å². The van der Waals surface area contributed by atoms with Gasteiger partial charge in [0.2, 0.25) is 5.13 Å². The molecule has 2 aromatic carbocycles. The molecule has 1 N–H and O–H groups in total. The molecule has 3 aromatic rings. The number of sulfonamides is 1. The van der Waals surface area contributed by atoms with E-state index in [1.165, 1.54) is 0 Å². The lowest BCUT2D eigenvalue weighted by molar-refractivity contribution is 0.304. The van der Waals surface area contributed by atoms with Crippen LogP contribution >= 0.6 is 34.5 Å². The molecule has 0 fully saturated rings. The number of hydrogen-bond donors (Lipinski definition) is 1. The van der Waals surface area contributed by atoms with Gasteiger partial charge in [0.25, 0.3) is 10.0 Å². The molecule has 0 unspecified atom stereocenters. The fraction of sp³-hybridized carbons (Fsp3) is 0.0667. The van der Waals surface area contributed by atoms with E-state index in [0.717, 1.165) is 29.5 Å². The predicted molar refractivity (Wildman–Crippen MR) is 97.9 cm³/mol. The Morgan fingerprint density at radius 3 is 2.54 bits per heavy atom. The van der Waals surface area contributed by atoms with Gasteiger partial charge in [0, 0.05) is 5.02 Å². The van der Waals surface area contributed by atoms with Crippen LogP contribution in [-0.4, -0.2) is 18.6 Å². The Kier molecular flexibility index (Phi) is 5.61. The van der Waals surface area contributed by atoms with Gasteiger partial charge in [0.1, 0.15) is 18.2 Å². The minimum Gasteiger partial charge on any atom is -0.486 e. The quantitative estimate of drug-likeness (QED) is 0.624. The first-order valence-corrected chi connectivity index (χ1v) is 10.1. The molecule has 0 spiro atoms. The molecule has 1 heterocycles. The Morgan fingerprint density at radius 2 is 1.85 bits per heavy atom. The summed E-state index contributed by atoms with van der Waals surface area (Å²) < 4.78 is 45.5. The van der Waals surface area contributed by atoms with Gasteiger partial charge < -0.3 is 4.74 Å². The van der Waals surface area contributed by atoms with E-state index in [1.807, 2.05) is 0 Å². The van der Waals surface area contributed by atoms with Crippen molar-refractivity contribution in [1.82, 2.24) is 10.2 Å². The van der Waals surface area contributed by atoms with Crippen LogP contribution in [0, 0.1) is 5.82 Å². The monoisotopic (exact) mass is 433 g/mol. The van der Waals surface area contributed by atoms with Crippen molar-refractivity contribution in [3.63, 3.8) is 0 Å². The average Bonchev–Trinajstić information content (AvgIpc) is 3.03. The number of nitrogens with one attached hydrogen (secondary N) is 1. The van der Waals surface area contributed by atoms with E-state index < -0.39 is 15.8 Å². The zero-order valence-electron chi connectivity index (χ0n) is 12.8. The number of nitrogens with zero attached hydrogens (tertiary/aromatic N) is 2. The van der Waals surface area contributed by atoms with Crippen molar-refractivity contribution in [2.75, 3.05) is 4.72 Å². The second-order valence-corrected chi connectivity index (χ2v) is 8.51. The molecule has 3 rings (SSSR count). The van der Waals surface area contributed by atoms with E-state index in [-0.39, 0.29) is 21.7 Å². The smallest absolute Gasteiger partial charge is 0.263 e. The first-order valence-electron chi connectivity index (χ1n) is 7.02. The molecule has 0 amide bonds. The highest BCUT2D eigenvalue weighted by molar-refractivity contribution is 7.93. The molecule has 6 nitrogen and oxygen atoms in total. The topological polar surface area (TPSA) is 81.2 Å². The Hall–Kier alpha value is -1.94. The van der Waals surface area contributed by atoms with Gasteiger partial charge in [0.05, 0.1) is 9.92 Å². The van der Waals surface area contributed by atoms with Crippen LogP contribution in [0.15, 0.2) is 47.4 Å². The highest BCUT2D eigenvalue weighted by Gasteiger charge is 2.18. The van der Waals surface area contributed by atoms with Crippen molar-refractivity contribution in [2.45, 2.75) is 11.5 Å². The molecular formula is C15H10Cl2FN3O3S2. The number of aromatic nitrogens is 2. The fourth-order valence-corrected chi connectivity index (χ4v) is 4.13. The van der Waals surface area contributed by atoms with Crippen LogP contribution in [0.5, 0.6) is 5.75 Å². The standard InChI is InChI=1S/C15H10Cl2FN3O3S2/c16-9-1-3-10(4-2-9)24-8-14-19-20-15(25-14)21-26(22,23)11-5-6-13(18)12(17)7-11/h1-7H,8H2,(H,20,21). The number of halogens is 3. The number of rotatable bonds is 6. The van der Waals surface area contributed by atoms with E-state index in [0.29, 0.717) is 15.8 Å². The largest absolute Gasteiger partial charge is 0.486 e. The van der Waals surface area contributed by atoms with Gasteiger partial charge in [-0.1, -0.05) is 34.5 Å². The molecular weight excluding hydrogens is 424 g/mol. The molecule has 0 aliphatic heterocycles. The lowest BCUT2D eigenvalue weighted by Gasteiger charge is -2.05. The van der Waals surface area contributed by atoms with Crippen LogP contribution < -0.4 is 9.46 Å². The van der Waals surface area contributed by atoms with Crippen LogP contribution in [0.4, 0.5) is 9.52 Å². The molecule has 26 heavy (non-hydrogen) atoms. The molecule has 1 aromatic heterocycles. The molecule has 0 bridgehead atoms. The van der Waals surface area contributed by atoms with E-state index in [9.17, 15) is 12.8 Å². The normalized spacial score (nSPS) is 11.3. The predicted octanol–water partition coefficient (Wildman–Crippen LogP) is 4.36. The summed E-state index contributed by atoms with van der Waals surface area (Å²) >= 11 is 12.4. The third kappa shape index (κ3) is 4.61. The summed E-state index contributed by atoms with van der Waals surface area (Å²) in [7, 11) is -3.96. The Morgan fingerprint density at radius 1 is 1.12 bits per heavy atom. The van der Waals surface area contributed by atoms with Crippen LogP contribution in [0.2, 0.25) is 10.0 Å². The Bertz CT molecular complexity index is 1030. The van der Waals surface area contributed by atoms with Crippen molar-refractivity contribution in [3.8, 4) is 5.75 Å². The van der Waals surface area contributed by atoms with Gasteiger partial charge in [-0.15, -0.1) is 10.2 Å². The lowest BCUT2D eigenvalue weighted by atomic mass is 10.3. The molecule has 0 radical (unpaired) electrons. The maximum absolute atomic E-state index is 13.2. The Labute approximate surface area is 162 Å². The maximum atomic E-state index is 13.2. The van der Waals surface area contributed by atoms with Crippen molar-refractivity contribution in [1.29, 1.82) is 0 Å². The zero-order valence-corrected chi connectivity index (χ0v) is 16.0. The summed E-state index contributed by atoms with van der Waals surface area (Å²) in [6.45, 7) is 0.114. The van der Waals surface area contributed by atoms with Gasteiger partial charge >= 0.3 is 0 Å².